The van der Waals surface area contributed by atoms with Gasteiger partial charge in [0, 0.05) is 12.1 Å². The molecule has 0 unspecified atom stereocenters. The first-order valence-corrected chi connectivity index (χ1v) is 7.88. The Morgan fingerprint density at radius 3 is 2.22 bits per heavy atom. The predicted molar refractivity (Wildman–Crippen MR) is 91.4 cm³/mol. The Labute approximate surface area is 137 Å². The van der Waals surface area contributed by atoms with Crippen molar-refractivity contribution in [3.8, 4) is 5.75 Å². The standard InChI is InChI=1S/C19H25NO3/c1-14(15-6-4-3-5-7-15)20-17(13-21)12-19(22)16-8-10-18(23-2)11-9-16/h3-11,14,17,19-22H,12-13H2,1-2H3/t14-,17-,19-/m1/s1. The average Bonchev–Trinajstić information content (AvgIpc) is 2.61. The first-order chi connectivity index (χ1) is 11.1. The van der Waals surface area contributed by atoms with Gasteiger partial charge in [-0.2, -0.15) is 0 Å². The molecule has 124 valence electrons. The molecule has 0 radical (unpaired) electrons. The number of ether oxygens (including phenoxy) is 1. The highest BCUT2D eigenvalue weighted by Gasteiger charge is 2.18. The van der Waals surface area contributed by atoms with E-state index >= 15 is 0 Å². The fourth-order valence-corrected chi connectivity index (χ4v) is 2.62. The number of aliphatic hydroxyl groups is 2. The summed E-state index contributed by atoms with van der Waals surface area (Å²) in [6.45, 7) is 2.03. The molecule has 0 fully saturated rings. The van der Waals surface area contributed by atoms with E-state index in [1.807, 2.05) is 54.6 Å². The van der Waals surface area contributed by atoms with Crippen molar-refractivity contribution in [2.24, 2.45) is 0 Å². The van der Waals surface area contributed by atoms with Gasteiger partial charge in [0.1, 0.15) is 5.75 Å². The van der Waals surface area contributed by atoms with Crippen LogP contribution >= 0.6 is 0 Å². The Bertz CT molecular complexity index is 571. The highest BCUT2D eigenvalue weighted by atomic mass is 16.5. The lowest BCUT2D eigenvalue weighted by Gasteiger charge is -2.24. The van der Waals surface area contributed by atoms with Crippen LogP contribution in [0.5, 0.6) is 5.75 Å². The minimum Gasteiger partial charge on any atom is -0.497 e. The Balaban J connectivity index is 1.95. The van der Waals surface area contributed by atoms with Crippen LogP contribution in [0.2, 0.25) is 0 Å². The van der Waals surface area contributed by atoms with Crippen LogP contribution in [0.25, 0.3) is 0 Å². The molecular formula is C19H25NO3. The van der Waals surface area contributed by atoms with Gasteiger partial charge in [-0.3, -0.25) is 0 Å². The number of aliphatic hydroxyl groups excluding tert-OH is 2. The van der Waals surface area contributed by atoms with E-state index in [9.17, 15) is 10.2 Å². The summed E-state index contributed by atoms with van der Waals surface area (Å²) in [4.78, 5) is 0. The minimum atomic E-state index is -0.631. The summed E-state index contributed by atoms with van der Waals surface area (Å²) in [6.07, 6.45) is -0.187. The van der Waals surface area contributed by atoms with Crippen molar-refractivity contribution in [3.05, 3.63) is 65.7 Å². The summed E-state index contributed by atoms with van der Waals surface area (Å²) in [5.41, 5.74) is 1.98. The Morgan fingerprint density at radius 1 is 1.00 bits per heavy atom. The van der Waals surface area contributed by atoms with Gasteiger partial charge < -0.3 is 20.3 Å². The maximum absolute atomic E-state index is 10.4. The molecule has 4 nitrogen and oxygen atoms in total. The van der Waals surface area contributed by atoms with Crippen molar-refractivity contribution in [1.82, 2.24) is 5.32 Å². The molecule has 4 heteroatoms. The van der Waals surface area contributed by atoms with Crippen LogP contribution in [0.1, 0.15) is 36.6 Å². The summed E-state index contributed by atoms with van der Waals surface area (Å²) < 4.78 is 5.12. The smallest absolute Gasteiger partial charge is 0.118 e. The van der Waals surface area contributed by atoms with Crippen molar-refractivity contribution < 1.29 is 14.9 Å². The highest BCUT2D eigenvalue weighted by Crippen LogP contribution is 2.22. The zero-order valence-electron chi connectivity index (χ0n) is 13.6. The molecule has 0 bridgehead atoms. The summed E-state index contributed by atoms with van der Waals surface area (Å²) in [7, 11) is 1.61. The lowest BCUT2D eigenvalue weighted by molar-refractivity contribution is 0.125. The van der Waals surface area contributed by atoms with E-state index in [1.165, 1.54) is 0 Å². The molecule has 0 aliphatic carbocycles. The number of hydrogen-bond donors (Lipinski definition) is 3. The number of rotatable bonds is 8. The second kappa shape index (κ2) is 8.67. The fraction of sp³-hybridized carbons (Fsp3) is 0.368. The van der Waals surface area contributed by atoms with E-state index < -0.39 is 6.10 Å². The maximum Gasteiger partial charge on any atom is 0.118 e. The summed E-state index contributed by atoms with van der Waals surface area (Å²) in [6, 6.07) is 17.3. The van der Waals surface area contributed by atoms with Gasteiger partial charge in [0.2, 0.25) is 0 Å². The van der Waals surface area contributed by atoms with Gasteiger partial charge in [-0.25, -0.2) is 0 Å². The monoisotopic (exact) mass is 315 g/mol. The second-order valence-corrected chi connectivity index (χ2v) is 5.70. The van der Waals surface area contributed by atoms with Crippen molar-refractivity contribution in [3.63, 3.8) is 0 Å². The molecule has 0 spiro atoms. The molecular weight excluding hydrogens is 290 g/mol. The summed E-state index contributed by atoms with van der Waals surface area (Å²) >= 11 is 0. The van der Waals surface area contributed by atoms with Crippen molar-refractivity contribution in [1.29, 1.82) is 0 Å². The predicted octanol–water partition coefficient (Wildman–Crippen LogP) is 2.83. The Kier molecular flexibility index (Phi) is 6.59. The summed E-state index contributed by atoms with van der Waals surface area (Å²) in [5, 5.41) is 23.4. The molecule has 0 aromatic heterocycles. The molecule has 2 rings (SSSR count). The van der Waals surface area contributed by atoms with Crippen molar-refractivity contribution in [2.75, 3.05) is 13.7 Å². The largest absolute Gasteiger partial charge is 0.497 e. The van der Waals surface area contributed by atoms with Crippen molar-refractivity contribution in [2.45, 2.75) is 31.5 Å². The molecule has 0 amide bonds. The molecule has 2 aromatic rings. The van der Waals surface area contributed by atoms with Gasteiger partial charge >= 0.3 is 0 Å². The number of nitrogens with one attached hydrogen (secondary N) is 1. The molecule has 0 saturated heterocycles. The van der Waals surface area contributed by atoms with Gasteiger partial charge in [-0.1, -0.05) is 42.5 Å². The van der Waals surface area contributed by atoms with Crippen molar-refractivity contribution >= 4 is 0 Å². The summed E-state index contributed by atoms with van der Waals surface area (Å²) in [5.74, 6) is 0.760. The molecule has 3 atom stereocenters. The molecule has 0 aliphatic rings. The van der Waals surface area contributed by atoms with Gasteiger partial charge in [0.25, 0.3) is 0 Å². The van der Waals surface area contributed by atoms with Crippen LogP contribution < -0.4 is 10.1 Å². The number of benzene rings is 2. The third kappa shape index (κ3) is 5.06. The van der Waals surface area contributed by atoms with E-state index in [4.69, 9.17) is 4.74 Å². The second-order valence-electron chi connectivity index (χ2n) is 5.70. The average molecular weight is 315 g/mol. The van der Waals surface area contributed by atoms with Crippen LogP contribution in [0, 0.1) is 0 Å². The fourth-order valence-electron chi connectivity index (χ4n) is 2.62. The number of hydrogen-bond acceptors (Lipinski definition) is 4. The van der Waals surface area contributed by atoms with E-state index in [0.717, 1.165) is 16.9 Å². The maximum atomic E-state index is 10.4. The zero-order valence-corrected chi connectivity index (χ0v) is 13.6. The third-order valence-corrected chi connectivity index (χ3v) is 4.01. The van der Waals surface area contributed by atoms with E-state index in [2.05, 4.69) is 12.2 Å². The van der Waals surface area contributed by atoms with E-state index in [-0.39, 0.29) is 18.7 Å². The molecule has 2 aromatic carbocycles. The van der Waals surface area contributed by atoms with Crippen LogP contribution in [0.4, 0.5) is 0 Å². The molecule has 23 heavy (non-hydrogen) atoms. The first-order valence-electron chi connectivity index (χ1n) is 7.88. The molecule has 0 saturated carbocycles. The Hall–Kier alpha value is -1.88. The molecule has 3 N–H and O–H groups in total. The quantitative estimate of drug-likeness (QED) is 0.701. The molecule has 0 aliphatic heterocycles. The van der Waals surface area contributed by atoms with Crippen LogP contribution in [0.15, 0.2) is 54.6 Å². The van der Waals surface area contributed by atoms with E-state index in [1.54, 1.807) is 7.11 Å². The normalized spacial score (nSPS) is 15.0. The minimum absolute atomic E-state index is 0.0234. The van der Waals surface area contributed by atoms with Crippen LogP contribution in [-0.4, -0.2) is 30.0 Å². The SMILES string of the molecule is COc1ccc([C@H](O)C[C@H](CO)N[C@H](C)c2ccccc2)cc1. The van der Waals surface area contributed by atoms with Crippen LogP contribution in [0.3, 0.4) is 0 Å². The van der Waals surface area contributed by atoms with E-state index in [0.29, 0.717) is 6.42 Å². The Morgan fingerprint density at radius 2 is 1.65 bits per heavy atom. The lowest BCUT2D eigenvalue weighted by atomic mass is 10.0. The highest BCUT2D eigenvalue weighted by molar-refractivity contribution is 5.28. The molecule has 0 heterocycles. The third-order valence-electron chi connectivity index (χ3n) is 4.01. The zero-order chi connectivity index (χ0) is 16.7. The van der Waals surface area contributed by atoms with Crippen LogP contribution in [-0.2, 0) is 0 Å². The topological polar surface area (TPSA) is 61.7 Å². The van der Waals surface area contributed by atoms with Gasteiger partial charge in [0.05, 0.1) is 19.8 Å². The number of methoxy groups -OCH3 is 1. The van der Waals surface area contributed by atoms with Gasteiger partial charge in [-0.05, 0) is 36.6 Å². The lowest BCUT2D eigenvalue weighted by Crippen LogP contribution is -2.36. The van der Waals surface area contributed by atoms with Gasteiger partial charge in [0.15, 0.2) is 0 Å². The first kappa shape index (κ1) is 17.5. The van der Waals surface area contributed by atoms with Gasteiger partial charge in [-0.15, -0.1) is 0 Å².